The van der Waals surface area contributed by atoms with Crippen molar-refractivity contribution in [3.8, 4) is 0 Å². The molecule has 2 aromatic rings. The number of rotatable bonds is 5. The summed E-state index contributed by atoms with van der Waals surface area (Å²) in [6.45, 7) is 9.10. The zero-order valence-electron chi connectivity index (χ0n) is 14.7. The molecule has 0 aliphatic rings. The van der Waals surface area contributed by atoms with Gasteiger partial charge in [0.1, 0.15) is 5.82 Å². The highest BCUT2D eigenvalue weighted by Gasteiger charge is 2.06. The molecule has 0 amide bonds. The van der Waals surface area contributed by atoms with Crippen LogP contribution in [-0.2, 0) is 6.42 Å². The van der Waals surface area contributed by atoms with Crippen LogP contribution in [0, 0.1) is 26.6 Å². The lowest BCUT2D eigenvalue weighted by Gasteiger charge is -2.12. The van der Waals surface area contributed by atoms with Crippen molar-refractivity contribution in [1.82, 2.24) is 4.90 Å². The third kappa shape index (κ3) is 4.65. The predicted octanol–water partition coefficient (Wildman–Crippen LogP) is 4.95. The van der Waals surface area contributed by atoms with Gasteiger partial charge in [0.05, 0.1) is 12.0 Å². The van der Waals surface area contributed by atoms with Gasteiger partial charge < -0.3 is 4.90 Å². The summed E-state index contributed by atoms with van der Waals surface area (Å²) < 4.78 is 13.6. The van der Waals surface area contributed by atoms with Gasteiger partial charge in [-0.1, -0.05) is 12.1 Å². The number of nitrogens with zero attached hydrogens (tertiary/aromatic N) is 2. The van der Waals surface area contributed by atoms with E-state index in [0.29, 0.717) is 0 Å². The first-order chi connectivity index (χ1) is 10.9. The van der Waals surface area contributed by atoms with Crippen molar-refractivity contribution in [2.75, 3.05) is 13.6 Å². The Hall–Kier alpha value is -2.16. The molecule has 3 heteroatoms. The van der Waals surface area contributed by atoms with E-state index in [1.54, 1.807) is 12.1 Å². The van der Waals surface area contributed by atoms with Crippen molar-refractivity contribution < 1.29 is 4.39 Å². The van der Waals surface area contributed by atoms with Crippen LogP contribution in [0.1, 0.15) is 34.7 Å². The first-order valence-corrected chi connectivity index (χ1v) is 7.99. The number of hydrogen-bond acceptors (Lipinski definition) is 1. The Kier molecular flexibility index (Phi) is 5.54. The highest BCUT2D eigenvalue weighted by molar-refractivity contribution is 5.64. The molecule has 2 nitrogen and oxygen atoms in total. The van der Waals surface area contributed by atoms with Gasteiger partial charge in [-0.05, 0) is 80.1 Å². The van der Waals surface area contributed by atoms with Gasteiger partial charge in [-0.25, -0.2) is 9.38 Å². The molecular formula is C20H25FN2. The molecular weight excluding hydrogens is 287 g/mol. The maximum absolute atomic E-state index is 13.6. The van der Waals surface area contributed by atoms with Crippen molar-refractivity contribution in [1.29, 1.82) is 0 Å². The van der Waals surface area contributed by atoms with E-state index in [1.165, 1.54) is 11.1 Å². The summed E-state index contributed by atoms with van der Waals surface area (Å²) in [6.07, 6.45) is 2.60. The van der Waals surface area contributed by atoms with Crippen molar-refractivity contribution >= 4 is 12.0 Å². The lowest BCUT2D eigenvalue weighted by atomic mass is 9.96. The molecule has 0 fully saturated rings. The first kappa shape index (κ1) is 17.2. The van der Waals surface area contributed by atoms with E-state index in [9.17, 15) is 4.39 Å². The molecule has 2 aromatic carbocycles. The van der Waals surface area contributed by atoms with Gasteiger partial charge in [0, 0.05) is 13.6 Å². The van der Waals surface area contributed by atoms with Gasteiger partial charge in [0.25, 0.3) is 0 Å². The van der Waals surface area contributed by atoms with Crippen LogP contribution >= 0.6 is 0 Å². The van der Waals surface area contributed by atoms with Crippen molar-refractivity contribution in [2.45, 2.75) is 34.1 Å². The molecule has 0 aliphatic carbocycles. The maximum Gasteiger partial charge on any atom is 0.123 e. The van der Waals surface area contributed by atoms with Gasteiger partial charge in [0.2, 0.25) is 0 Å². The first-order valence-electron chi connectivity index (χ1n) is 7.99. The minimum Gasteiger partial charge on any atom is -0.366 e. The molecule has 0 bridgehead atoms. The van der Waals surface area contributed by atoms with Gasteiger partial charge in [-0.15, -0.1) is 0 Å². The Balaban J connectivity index is 2.27. The van der Waals surface area contributed by atoms with E-state index in [0.717, 1.165) is 35.3 Å². The second-order valence-corrected chi connectivity index (χ2v) is 6.20. The SMILES string of the molecule is CCN(C)C=Nc1cc(C)c(Cc2cc(C)cc(F)c2)cc1C. The van der Waals surface area contributed by atoms with Crippen LogP contribution in [-0.4, -0.2) is 24.8 Å². The second kappa shape index (κ2) is 7.40. The molecule has 0 N–H and O–H groups in total. The Bertz CT molecular complexity index is 700. The third-order valence-electron chi connectivity index (χ3n) is 4.04. The summed E-state index contributed by atoms with van der Waals surface area (Å²) in [4.78, 5) is 6.59. The predicted molar refractivity (Wildman–Crippen MR) is 96.3 cm³/mol. The van der Waals surface area contributed by atoms with Crippen LogP contribution in [0.25, 0.3) is 0 Å². The van der Waals surface area contributed by atoms with E-state index in [1.807, 2.05) is 31.3 Å². The highest BCUT2D eigenvalue weighted by atomic mass is 19.1. The van der Waals surface area contributed by atoms with Crippen LogP contribution in [0.2, 0.25) is 0 Å². The monoisotopic (exact) mass is 312 g/mol. The van der Waals surface area contributed by atoms with Gasteiger partial charge in [-0.2, -0.15) is 0 Å². The van der Waals surface area contributed by atoms with Crippen LogP contribution < -0.4 is 0 Å². The largest absolute Gasteiger partial charge is 0.366 e. The van der Waals surface area contributed by atoms with Crippen molar-refractivity contribution in [3.63, 3.8) is 0 Å². The topological polar surface area (TPSA) is 15.6 Å². The molecule has 0 radical (unpaired) electrons. The number of aliphatic imine (C=N–C) groups is 1. The molecule has 0 heterocycles. The Morgan fingerprint density at radius 3 is 2.43 bits per heavy atom. The van der Waals surface area contributed by atoms with Gasteiger partial charge >= 0.3 is 0 Å². The summed E-state index contributed by atoms with van der Waals surface area (Å²) in [5, 5.41) is 0. The number of halogens is 1. The van der Waals surface area contributed by atoms with Crippen LogP contribution in [0.5, 0.6) is 0 Å². The molecule has 0 saturated heterocycles. The third-order valence-corrected chi connectivity index (χ3v) is 4.04. The molecule has 2 rings (SSSR count). The Labute approximate surface area is 138 Å². The molecule has 0 unspecified atom stereocenters. The summed E-state index contributed by atoms with van der Waals surface area (Å²) in [5.74, 6) is -0.168. The minimum absolute atomic E-state index is 0.168. The number of hydrogen-bond donors (Lipinski definition) is 0. The fourth-order valence-corrected chi connectivity index (χ4v) is 2.57. The number of benzene rings is 2. The quantitative estimate of drug-likeness (QED) is 0.563. The van der Waals surface area contributed by atoms with Crippen LogP contribution in [0.4, 0.5) is 10.1 Å². The maximum atomic E-state index is 13.6. The smallest absolute Gasteiger partial charge is 0.123 e. The summed E-state index contributed by atoms with van der Waals surface area (Å²) in [5.41, 5.74) is 6.49. The average Bonchev–Trinajstić information content (AvgIpc) is 2.47. The van der Waals surface area contributed by atoms with E-state index in [4.69, 9.17) is 0 Å². The van der Waals surface area contributed by atoms with Gasteiger partial charge in [-0.3, -0.25) is 0 Å². The summed E-state index contributed by atoms with van der Waals surface area (Å²) in [7, 11) is 2.01. The van der Waals surface area contributed by atoms with Crippen LogP contribution in [0.15, 0.2) is 35.3 Å². The van der Waals surface area contributed by atoms with Crippen molar-refractivity contribution in [3.05, 3.63) is 64.0 Å². The zero-order chi connectivity index (χ0) is 17.0. The lowest BCUT2D eigenvalue weighted by Crippen LogP contribution is -2.14. The minimum atomic E-state index is -0.168. The highest BCUT2D eigenvalue weighted by Crippen LogP contribution is 2.25. The fraction of sp³-hybridized carbons (Fsp3) is 0.350. The zero-order valence-corrected chi connectivity index (χ0v) is 14.7. The molecule has 0 aliphatic heterocycles. The summed E-state index contributed by atoms with van der Waals surface area (Å²) in [6, 6.07) is 9.48. The summed E-state index contributed by atoms with van der Waals surface area (Å²) >= 11 is 0. The van der Waals surface area contributed by atoms with E-state index in [-0.39, 0.29) is 5.82 Å². The fourth-order valence-electron chi connectivity index (χ4n) is 2.57. The Morgan fingerprint density at radius 1 is 1.04 bits per heavy atom. The Morgan fingerprint density at radius 2 is 1.78 bits per heavy atom. The number of aryl methyl sites for hydroxylation is 3. The van der Waals surface area contributed by atoms with Crippen LogP contribution in [0.3, 0.4) is 0 Å². The van der Waals surface area contributed by atoms with E-state index >= 15 is 0 Å². The normalized spacial score (nSPS) is 11.2. The molecule has 122 valence electrons. The molecule has 0 atom stereocenters. The molecule has 0 spiro atoms. The van der Waals surface area contributed by atoms with Crippen molar-refractivity contribution in [2.24, 2.45) is 4.99 Å². The lowest BCUT2D eigenvalue weighted by molar-refractivity contribution is 0.552. The van der Waals surface area contributed by atoms with E-state index < -0.39 is 0 Å². The van der Waals surface area contributed by atoms with E-state index in [2.05, 4.69) is 37.9 Å². The standard InChI is InChI=1S/C20H25FN2/c1-6-23(5)13-22-20-10-15(3)18(9-16(20)4)11-17-7-14(2)8-19(21)12-17/h7-10,12-13H,6,11H2,1-5H3. The second-order valence-electron chi connectivity index (χ2n) is 6.20. The molecule has 0 saturated carbocycles. The molecule has 0 aromatic heterocycles. The molecule has 23 heavy (non-hydrogen) atoms. The average molecular weight is 312 g/mol. The van der Waals surface area contributed by atoms with Gasteiger partial charge in [0.15, 0.2) is 0 Å².